The van der Waals surface area contributed by atoms with E-state index in [1.54, 1.807) is 0 Å². The summed E-state index contributed by atoms with van der Waals surface area (Å²) in [4.78, 5) is 12.8. The highest BCUT2D eigenvalue weighted by molar-refractivity contribution is 7.99. The number of rotatable bonds is 5. The second-order valence-corrected chi connectivity index (χ2v) is 8.74. The Kier molecular flexibility index (Phi) is 5.85. The fraction of sp³-hybridized carbons (Fsp3) is 0.435. The first kappa shape index (κ1) is 19.8. The number of fused-ring (bicyclic) bond motifs is 1. The van der Waals surface area contributed by atoms with Gasteiger partial charge in [-0.15, -0.1) is 11.8 Å². The molecule has 0 aliphatic carbocycles. The van der Waals surface area contributed by atoms with Gasteiger partial charge in [0, 0.05) is 23.1 Å². The lowest BCUT2D eigenvalue weighted by atomic mass is 9.86. The highest BCUT2D eigenvalue weighted by Gasteiger charge is 2.34. The summed E-state index contributed by atoms with van der Waals surface area (Å²) in [5, 5.41) is 0. The van der Waals surface area contributed by atoms with Crippen LogP contribution in [0.4, 0.5) is 0 Å². The van der Waals surface area contributed by atoms with Gasteiger partial charge in [-0.2, -0.15) is 0 Å². The Morgan fingerprint density at radius 1 is 1.15 bits per heavy atom. The van der Waals surface area contributed by atoms with Gasteiger partial charge >= 0.3 is 5.97 Å². The molecule has 1 atom stereocenters. The minimum absolute atomic E-state index is 0.165. The third kappa shape index (κ3) is 4.32. The van der Waals surface area contributed by atoms with E-state index in [0.29, 0.717) is 5.75 Å². The van der Waals surface area contributed by atoms with E-state index in [2.05, 4.69) is 38.1 Å². The Morgan fingerprint density at radius 3 is 2.52 bits per heavy atom. The summed E-state index contributed by atoms with van der Waals surface area (Å²) < 4.78 is 12.0. The molecule has 0 saturated carbocycles. The van der Waals surface area contributed by atoms with Crippen LogP contribution in [0.15, 0.2) is 35.2 Å². The van der Waals surface area contributed by atoms with E-state index in [-0.39, 0.29) is 11.6 Å². The van der Waals surface area contributed by atoms with Crippen LogP contribution in [-0.2, 0) is 11.2 Å². The normalized spacial score (nSPS) is 18.6. The summed E-state index contributed by atoms with van der Waals surface area (Å²) in [7, 11) is 0. The standard InChI is InChI=1S/C23H28O3S/c1-15-16(2)22-20(17(3)21(15)25-18(4)24)11-12-23(5,26-22)13-14-27-19-9-7-6-8-10-19/h6-10H,11-14H2,1-5H3. The molecule has 0 bridgehead atoms. The Morgan fingerprint density at radius 2 is 1.85 bits per heavy atom. The van der Waals surface area contributed by atoms with Crippen LogP contribution >= 0.6 is 11.8 Å². The lowest BCUT2D eigenvalue weighted by Gasteiger charge is -2.38. The largest absolute Gasteiger partial charge is 0.487 e. The van der Waals surface area contributed by atoms with Crippen LogP contribution in [0.5, 0.6) is 11.5 Å². The van der Waals surface area contributed by atoms with E-state index in [1.807, 2.05) is 31.7 Å². The van der Waals surface area contributed by atoms with Crippen LogP contribution < -0.4 is 9.47 Å². The van der Waals surface area contributed by atoms with Gasteiger partial charge in [0.05, 0.1) is 0 Å². The van der Waals surface area contributed by atoms with Gasteiger partial charge in [0.1, 0.15) is 17.1 Å². The number of hydrogen-bond acceptors (Lipinski definition) is 4. The fourth-order valence-corrected chi connectivity index (χ4v) is 4.78. The summed E-state index contributed by atoms with van der Waals surface area (Å²) in [5.74, 6) is 2.43. The zero-order valence-electron chi connectivity index (χ0n) is 16.8. The van der Waals surface area contributed by atoms with Crippen molar-refractivity contribution in [3.05, 3.63) is 52.6 Å². The molecule has 144 valence electrons. The van der Waals surface area contributed by atoms with Gasteiger partial charge in [-0.25, -0.2) is 0 Å². The predicted octanol–water partition coefficient (Wildman–Crippen LogP) is 5.80. The summed E-state index contributed by atoms with van der Waals surface area (Å²) >= 11 is 1.88. The van der Waals surface area contributed by atoms with Crippen molar-refractivity contribution in [2.75, 3.05) is 5.75 Å². The SMILES string of the molecule is CC(=O)Oc1c(C)c(C)c2c(c1C)CCC(C)(CCSc1ccccc1)O2. The van der Waals surface area contributed by atoms with Gasteiger partial charge in [0.2, 0.25) is 0 Å². The molecular formula is C23H28O3S. The van der Waals surface area contributed by atoms with Crippen molar-refractivity contribution in [2.24, 2.45) is 0 Å². The highest BCUT2D eigenvalue weighted by Crippen LogP contribution is 2.44. The molecule has 2 aromatic carbocycles. The van der Waals surface area contributed by atoms with Crippen molar-refractivity contribution in [3.63, 3.8) is 0 Å². The zero-order valence-corrected chi connectivity index (χ0v) is 17.7. The van der Waals surface area contributed by atoms with Gasteiger partial charge in [0.15, 0.2) is 0 Å². The van der Waals surface area contributed by atoms with Gasteiger partial charge in [-0.3, -0.25) is 4.79 Å². The molecule has 1 aliphatic rings. The quantitative estimate of drug-likeness (QED) is 0.371. The van der Waals surface area contributed by atoms with Gasteiger partial charge in [0.25, 0.3) is 0 Å². The van der Waals surface area contributed by atoms with Crippen molar-refractivity contribution >= 4 is 17.7 Å². The summed E-state index contributed by atoms with van der Waals surface area (Å²) in [6, 6.07) is 10.5. The van der Waals surface area contributed by atoms with Crippen LogP contribution in [0.25, 0.3) is 0 Å². The molecule has 0 spiro atoms. The molecule has 1 heterocycles. The molecule has 27 heavy (non-hydrogen) atoms. The van der Waals surface area contributed by atoms with Crippen LogP contribution in [0.2, 0.25) is 0 Å². The Hall–Kier alpha value is -1.94. The average Bonchev–Trinajstić information content (AvgIpc) is 2.64. The van der Waals surface area contributed by atoms with Gasteiger partial charge < -0.3 is 9.47 Å². The molecule has 3 rings (SSSR count). The smallest absolute Gasteiger partial charge is 0.308 e. The van der Waals surface area contributed by atoms with E-state index < -0.39 is 0 Å². The molecular weight excluding hydrogens is 356 g/mol. The van der Waals surface area contributed by atoms with E-state index >= 15 is 0 Å². The Balaban J connectivity index is 1.78. The number of carbonyl (C=O) groups is 1. The number of esters is 1. The molecule has 0 N–H and O–H groups in total. The molecule has 0 saturated heterocycles. The molecule has 0 aromatic heterocycles. The summed E-state index contributed by atoms with van der Waals surface area (Å²) in [6.45, 7) is 9.75. The fourth-order valence-electron chi connectivity index (χ4n) is 3.66. The number of benzene rings is 2. The van der Waals surface area contributed by atoms with Crippen LogP contribution in [-0.4, -0.2) is 17.3 Å². The van der Waals surface area contributed by atoms with Gasteiger partial charge in [-0.1, -0.05) is 18.2 Å². The molecule has 0 amide bonds. The predicted molar refractivity (Wildman–Crippen MR) is 111 cm³/mol. The molecule has 1 aliphatic heterocycles. The van der Waals surface area contributed by atoms with E-state index in [0.717, 1.165) is 47.5 Å². The summed E-state index contributed by atoms with van der Waals surface area (Å²) in [6.07, 6.45) is 2.91. The second-order valence-electron chi connectivity index (χ2n) is 7.57. The van der Waals surface area contributed by atoms with Crippen LogP contribution in [0, 0.1) is 20.8 Å². The Bertz CT molecular complexity index is 845. The first-order valence-corrected chi connectivity index (χ1v) is 10.5. The van der Waals surface area contributed by atoms with E-state index in [1.165, 1.54) is 17.4 Å². The first-order valence-electron chi connectivity index (χ1n) is 9.48. The molecule has 2 aromatic rings. The minimum Gasteiger partial charge on any atom is -0.487 e. The number of carbonyl (C=O) groups excluding carboxylic acids is 1. The van der Waals surface area contributed by atoms with Gasteiger partial charge in [-0.05, 0) is 75.8 Å². The van der Waals surface area contributed by atoms with Crippen molar-refractivity contribution in [1.82, 2.24) is 0 Å². The van der Waals surface area contributed by atoms with Crippen molar-refractivity contribution < 1.29 is 14.3 Å². The number of ether oxygens (including phenoxy) is 2. The third-order valence-electron chi connectivity index (χ3n) is 5.45. The molecule has 0 radical (unpaired) electrons. The maximum atomic E-state index is 11.5. The minimum atomic E-state index is -0.278. The molecule has 3 nitrogen and oxygen atoms in total. The monoisotopic (exact) mass is 384 g/mol. The summed E-state index contributed by atoms with van der Waals surface area (Å²) in [5.41, 5.74) is 4.12. The third-order valence-corrected chi connectivity index (χ3v) is 6.47. The van der Waals surface area contributed by atoms with Crippen LogP contribution in [0.1, 0.15) is 48.9 Å². The van der Waals surface area contributed by atoms with Crippen molar-refractivity contribution in [1.29, 1.82) is 0 Å². The average molecular weight is 385 g/mol. The van der Waals surface area contributed by atoms with E-state index in [9.17, 15) is 4.79 Å². The topological polar surface area (TPSA) is 35.5 Å². The first-order chi connectivity index (χ1) is 12.8. The lowest BCUT2D eigenvalue weighted by Crippen LogP contribution is -2.37. The lowest BCUT2D eigenvalue weighted by molar-refractivity contribution is -0.132. The van der Waals surface area contributed by atoms with Crippen molar-refractivity contribution in [2.45, 2.75) is 64.4 Å². The van der Waals surface area contributed by atoms with E-state index in [4.69, 9.17) is 9.47 Å². The number of thioether (sulfide) groups is 1. The van der Waals surface area contributed by atoms with Crippen LogP contribution in [0.3, 0.4) is 0 Å². The zero-order chi connectivity index (χ0) is 19.6. The molecule has 1 unspecified atom stereocenters. The number of hydrogen-bond donors (Lipinski definition) is 0. The maximum absolute atomic E-state index is 11.5. The Labute approximate surface area is 166 Å². The van der Waals surface area contributed by atoms with Crippen molar-refractivity contribution in [3.8, 4) is 11.5 Å². The maximum Gasteiger partial charge on any atom is 0.308 e. The molecule has 0 fully saturated rings. The highest BCUT2D eigenvalue weighted by atomic mass is 32.2. The second kappa shape index (κ2) is 7.97. The molecule has 4 heteroatoms.